The van der Waals surface area contributed by atoms with E-state index in [-0.39, 0.29) is 12.3 Å². The Hall–Kier alpha value is -1.11. The number of halogens is 1. The Morgan fingerprint density at radius 2 is 2.36 bits per heavy atom. The van der Waals surface area contributed by atoms with Gasteiger partial charge in [0.15, 0.2) is 0 Å². The zero-order valence-electron chi connectivity index (χ0n) is 5.58. The van der Waals surface area contributed by atoms with Gasteiger partial charge in [0.25, 0.3) is 0 Å². The molecule has 4 heteroatoms. The predicted molar refractivity (Wildman–Crippen MR) is 39.9 cm³/mol. The van der Waals surface area contributed by atoms with Crippen LogP contribution in [0.3, 0.4) is 0 Å². The van der Waals surface area contributed by atoms with Crippen molar-refractivity contribution >= 4 is 11.6 Å². The number of aromatic nitrogens is 1. The first kappa shape index (κ1) is 7.99. The molecule has 0 fully saturated rings. The van der Waals surface area contributed by atoms with Crippen LogP contribution in [0.25, 0.3) is 0 Å². The normalized spacial score (nSPS) is 9.18. The monoisotopic (exact) mass is 168 g/mol. The second-order valence-electron chi connectivity index (χ2n) is 1.93. The van der Waals surface area contributed by atoms with Gasteiger partial charge in [-0.3, -0.25) is 0 Å². The molecule has 0 saturated heterocycles. The summed E-state index contributed by atoms with van der Waals surface area (Å²) in [4.78, 5) is 3.78. The molecule has 1 aromatic rings. The maximum atomic E-state index is 8.65. The Bertz CT molecular complexity index is 306. The van der Waals surface area contributed by atoms with Crippen molar-refractivity contribution in [2.24, 2.45) is 0 Å². The summed E-state index contributed by atoms with van der Waals surface area (Å²) in [5, 5.41) is 17.5. The van der Waals surface area contributed by atoms with Gasteiger partial charge in [0.1, 0.15) is 11.8 Å². The highest BCUT2D eigenvalue weighted by Gasteiger charge is 1.98. The number of pyridine rings is 1. The second-order valence-corrected chi connectivity index (χ2v) is 2.37. The molecular weight excluding hydrogens is 164 g/mol. The van der Waals surface area contributed by atoms with Crippen LogP contribution in [0.4, 0.5) is 0 Å². The van der Waals surface area contributed by atoms with Crippen LogP contribution < -0.4 is 0 Å². The van der Waals surface area contributed by atoms with E-state index >= 15 is 0 Å². The van der Waals surface area contributed by atoms with E-state index in [1.54, 1.807) is 0 Å². The predicted octanol–water partition coefficient (Wildman–Crippen LogP) is 1.10. The Morgan fingerprint density at radius 1 is 1.64 bits per heavy atom. The minimum Gasteiger partial charge on any atom is -0.390 e. The van der Waals surface area contributed by atoms with E-state index in [1.807, 2.05) is 6.07 Å². The third-order valence-electron chi connectivity index (χ3n) is 1.12. The van der Waals surface area contributed by atoms with Crippen molar-refractivity contribution < 1.29 is 5.11 Å². The quantitative estimate of drug-likeness (QED) is 0.683. The van der Waals surface area contributed by atoms with Crippen molar-refractivity contribution in [1.29, 1.82) is 5.26 Å². The Kier molecular flexibility index (Phi) is 2.42. The number of rotatable bonds is 1. The van der Waals surface area contributed by atoms with E-state index in [2.05, 4.69) is 4.98 Å². The van der Waals surface area contributed by atoms with Crippen molar-refractivity contribution in [1.82, 2.24) is 4.98 Å². The molecule has 0 bridgehead atoms. The first-order chi connectivity index (χ1) is 5.26. The molecule has 1 heterocycles. The average Bonchev–Trinajstić information content (AvgIpc) is 2.03. The summed E-state index contributed by atoms with van der Waals surface area (Å²) in [6.45, 7) is -0.199. The summed E-state index contributed by atoms with van der Waals surface area (Å²) in [6, 6.07) is 4.80. The molecule has 56 valence electrons. The lowest BCUT2D eigenvalue weighted by atomic mass is 10.3. The fraction of sp³-hybridized carbons (Fsp3) is 0.143. The smallest absolute Gasteiger partial charge is 0.142 e. The fourth-order valence-electron chi connectivity index (χ4n) is 0.689. The van der Waals surface area contributed by atoms with Crippen LogP contribution >= 0.6 is 11.6 Å². The third-order valence-corrected chi connectivity index (χ3v) is 1.34. The Morgan fingerprint density at radius 3 is 2.91 bits per heavy atom. The molecule has 1 rings (SSSR count). The van der Waals surface area contributed by atoms with Crippen LogP contribution in [-0.2, 0) is 6.61 Å². The van der Waals surface area contributed by atoms with Crippen LogP contribution in [-0.4, -0.2) is 10.1 Å². The molecule has 3 nitrogen and oxygen atoms in total. The summed E-state index contributed by atoms with van der Waals surface area (Å²) in [6.07, 6.45) is 0. The van der Waals surface area contributed by atoms with Gasteiger partial charge in [-0.15, -0.1) is 0 Å². The molecule has 0 aromatic carbocycles. The molecule has 11 heavy (non-hydrogen) atoms. The van der Waals surface area contributed by atoms with Crippen LogP contribution in [0.5, 0.6) is 0 Å². The highest BCUT2D eigenvalue weighted by Crippen LogP contribution is 2.10. The molecule has 0 aliphatic rings. The van der Waals surface area contributed by atoms with Gasteiger partial charge >= 0.3 is 0 Å². The van der Waals surface area contributed by atoms with Crippen LogP contribution in [0.2, 0.25) is 5.02 Å². The van der Waals surface area contributed by atoms with Gasteiger partial charge in [-0.1, -0.05) is 11.6 Å². The van der Waals surface area contributed by atoms with Gasteiger partial charge in [0, 0.05) is 5.02 Å². The minimum absolute atomic E-state index is 0.199. The number of aliphatic hydroxyl groups is 1. The molecule has 0 aliphatic carbocycles. The van der Waals surface area contributed by atoms with E-state index in [9.17, 15) is 0 Å². The third kappa shape index (κ3) is 1.90. The van der Waals surface area contributed by atoms with E-state index in [1.165, 1.54) is 12.1 Å². The first-order valence-corrected chi connectivity index (χ1v) is 3.31. The lowest BCUT2D eigenvalue weighted by Gasteiger charge is -1.95. The second kappa shape index (κ2) is 3.33. The summed E-state index contributed by atoms with van der Waals surface area (Å²) in [5.41, 5.74) is 0.635. The molecule has 0 amide bonds. The van der Waals surface area contributed by atoms with E-state index < -0.39 is 0 Å². The zero-order valence-corrected chi connectivity index (χ0v) is 6.34. The lowest BCUT2D eigenvalue weighted by molar-refractivity contribution is 0.277. The summed E-state index contributed by atoms with van der Waals surface area (Å²) < 4.78 is 0. The zero-order chi connectivity index (χ0) is 8.27. The van der Waals surface area contributed by atoms with Gasteiger partial charge in [0.05, 0.1) is 12.3 Å². The number of aliphatic hydroxyl groups excluding tert-OH is 1. The standard InChI is InChI=1S/C7H5ClN2O/c8-5-1-6(3-9)10-7(2-5)4-11/h1-2,11H,4H2. The van der Waals surface area contributed by atoms with E-state index in [0.29, 0.717) is 10.7 Å². The molecule has 0 aliphatic heterocycles. The maximum absolute atomic E-state index is 8.65. The number of hydrogen-bond donors (Lipinski definition) is 1. The highest BCUT2D eigenvalue weighted by atomic mass is 35.5. The Labute approximate surface area is 68.9 Å². The summed E-state index contributed by atoms with van der Waals surface area (Å²) in [5.74, 6) is 0. The lowest BCUT2D eigenvalue weighted by Crippen LogP contribution is -1.91. The van der Waals surface area contributed by atoms with Crippen LogP contribution in [0, 0.1) is 11.3 Å². The average molecular weight is 169 g/mol. The van der Waals surface area contributed by atoms with Gasteiger partial charge in [-0.05, 0) is 12.1 Å². The van der Waals surface area contributed by atoms with Gasteiger partial charge in [-0.25, -0.2) is 4.98 Å². The largest absolute Gasteiger partial charge is 0.390 e. The molecule has 0 radical (unpaired) electrons. The molecule has 1 N–H and O–H groups in total. The summed E-state index contributed by atoms with van der Waals surface area (Å²) >= 11 is 5.61. The Balaban J connectivity index is 3.15. The molecule has 0 saturated carbocycles. The first-order valence-electron chi connectivity index (χ1n) is 2.93. The number of nitriles is 1. The molecule has 0 spiro atoms. The number of nitrogens with zero attached hydrogens (tertiary/aromatic N) is 2. The molecule has 0 unspecified atom stereocenters. The van der Waals surface area contributed by atoms with Gasteiger partial charge in [-0.2, -0.15) is 5.26 Å². The van der Waals surface area contributed by atoms with Crippen molar-refractivity contribution in [3.05, 3.63) is 28.5 Å². The van der Waals surface area contributed by atoms with Crippen molar-refractivity contribution in [2.75, 3.05) is 0 Å². The van der Waals surface area contributed by atoms with Gasteiger partial charge in [0.2, 0.25) is 0 Å². The highest BCUT2D eigenvalue weighted by molar-refractivity contribution is 6.30. The minimum atomic E-state index is -0.199. The van der Waals surface area contributed by atoms with Crippen LogP contribution in [0.15, 0.2) is 12.1 Å². The van der Waals surface area contributed by atoms with Crippen molar-refractivity contribution in [2.45, 2.75) is 6.61 Å². The fourth-order valence-corrected chi connectivity index (χ4v) is 0.918. The molecule has 0 atom stereocenters. The van der Waals surface area contributed by atoms with Crippen molar-refractivity contribution in [3.63, 3.8) is 0 Å². The van der Waals surface area contributed by atoms with E-state index in [0.717, 1.165) is 0 Å². The summed E-state index contributed by atoms with van der Waals surface area (Å²) in [7, 11) is 0. The maximum Gasteiger partial charge on any atom is 0.142 e. The molecular formula is C7H5ClN2O. The van der Waals surface area contributed by atoms with Crippen LogP contribution in [0.1, 0.15) is 11.4 Å². The molecule has 1 aromatic heterocycles. The van der Waals surface area contributed by atoms with Crippen molar-refractivity contribution in [3.8, 4) is 6.07 Å². The van der Waals surface area contributed by atoms with Gasteiger partial charge < -0.3 is 5.11 Å². The van der Waals surface area contributed by atoms with E-state index in [4.69, 9.17) is 22.0 Å². The number of hydrogen-bond acceptors (Lipinski definition) is 3. The topological polar surface area (TPSA) is 56.9 Å². The SMILES string of the molecule is N#Cc1cc(Cl)cc(CO)n1.